The highest BCUT2D eigenvalue weighted by Crippen LogP contribution is 2.20. The Morgan fingerprint density at radius 2 is 2.27 bits per heavy atom. The van der Waals surface area contributed by atoms with Crippen molar-refractivity contribution in [1.82, 2.24) is 5.32 Å². The first-order valence-corrected chi connectivity index (χ1v) is 9.84. The number of Topliss-reactive ketones (excluding diaryl/α,β-unsaturated/α-hetero) is 1. The van der Waals surface area contributed by atoms with Crippen molar-refractivity contribution in [3.8, 4) is 0 Å². The van der Waals surface area contributed by atoms with Gasteiger partial charge in [-0.15, -0.1) is 0 Å². The van der Waals surface area contributed by atoms with Gasteiger partial charge in [0, 0.05) is 37.2 Å². The molecule has 8 heteroatoms. The van der Waals surface area contributed by atoms with Crippen molar-refractivity contribution in [3.63, 3.8) is 0 Å². The zero-order valence-corrected chi connectivity index (χ0v) is 16.7. The molecule has 1 aliphatic rings. The number of thiol groups is 1. The number of carbonyl (C=O) groups is 2. The van der Waals surface area contributed by atoms with E-state index < -0.39 is 11.5 Å². The average molecular weight is 388 g/mol. The van der Waals surface area contributed by atoms with Crippen molar-refractivity contribution in [1.29, 1.82) is 0 Å². The van der Waals surface area contributed by atoms with Crippen LogP contribution < -0.4 is 16.8 Å². The molecule has 26 heavy (non-hydrogen) atoms. The van der Waals surface area contributed by atoms with Crippen LogP contribution in [0.3, 0.4) is 0 Å². The number of rotatable bonds is 13. The molecular formula is C18H33N3O4S. The molecule has 4 atom stereocenters. The molecule has 0 aromatic rings. The van der Waals surface area contributed by atoms with E-state index in [0.717, 1.165) is 6.42 Å². The third-order valence-corrected chi connectivity index (χ3v) is 5.27. The van der Waals surface area contributed by atoms with Crippen LogP contribution >= 0.6 is 12.6 Å². The molecule has 5 N–H and O–H groups in total. The van der Waals surface area contributed by atoms with Crippen LogP contribution in [0.1, 0.15) is 39.5 Å². The van der Waals surface area contributed by atoms with E-state index in [1.165, 1.54) is 0 Å². The van der Waals surface area contributed by atoms with Crippen molar-refractivity contribution in [2.75, 3.05) is 25.5 Å². The van der Waals surface area contributed by atoms with Crippen molar-refractivity contribution in [2.45, 2.75) is 57.2 Å². The number of nitrogens with two attached hydrogens (primary N) is 2. The lowest BCUT2D eigenvalue weighted by atomic mass is 9.91. The summed E-state index contributed by atoms with van der Waals surface area (Å²) in [5.74, 6) is 0.169. The van der Waals surface area contributed by atoms with Gasteiger partial charge in [0.2, 0.25) is 0 Å². The SMILES string of the molecule is CC[C@H](C)C(COC=CCCC(=O)[C@]1(N)CCOC1=O)NCC(N)CS. The van der Waals surface area contributed by atoms with Gasteiger partial charge in [-0.3, -0.25) is 4.79 Å². The van der Waals surface area contributed by atoms with E-state index in [-0.39, 0.29) is 37.3 Å². The van der Waals surface area contributed by atoms with Crippen LogP contribution in [0.25, 0.3) is 0 Å². The molecule has 1 heterocycles. The molecule has 150 valence electrons. The number of carbonyl (C=O) groups excluding carboxylic acids is 2. The molecule has 1 fully saturated rings. The molecule has 0 aromatic carbocycles. The van der Waals surface area contributed by atoms with Crippen LogP contribution in [0.4, 0.5) is 0 Å². The van der Waals surface area contributed by atoms with E-state index >= 15 is 0 Å². The Morgan fingerprint density at radius 1 is 1.54 bits per heavy atom. The normalized spacial score (nSPS) is 23.7. The summed E-state index contributed by atoms with van der Waals surface area (Å²) in [6.07, 6.45) is 5.31. The van der Waals surface area contributed by atoms with Crippen LogP contribution in [-0.4, -0.2) is 54.9 Å². The Hall–Kier alpha value is -1.09. The summed E-state index contributed by atoms with van der Waals surface area (Å²) in [6, 6.07) is 0.204. The first-order chi connectivity index (χ1) is 12.3. The Morgan fingerprint density at radius 3 is 2.85 bits per heavy atom. The molecule has 7 nitrogen and oxygen atoms in total. The second kappa shape index (κ2) is 11.6. The van der Waals surface area contributed by atoms with Crippen molar-refractivity contribution < 1.29 is 19.1 Å². The highest BCUT2D eigenvalue weighted by molar-refractivity contribution is 7.80. The fourth-order valence-corrected chi connectivity index (χ4v) is 2.73. The van der Waals surface area contributed by atoms with Crippen molar-refractivity contribution >= 4 is 24.4 Å². The lowest BCUT2D eigenvalue weighted by Crippen LogP contribution is -2.51. The second-order valence-corrected chi connectivity index (χ2v) is 7.23. The van der Waals surface area contributed by atoms with Gasteiger partial charge in [-0.1, -0.05) is 20.3 Å². The Kier molecular flexibility index (Phi) is 10.2. The molecule has 1 rings (SSSR count). The van der Waals surface area contributed by atoms with Gasteiger partial charge in [0.05, 0.1) is 12.9 Å². The van der Waals surface area contributed by atoms with Gasteiger partial charge in [-0.05, 0) is 18.4 Å². The molecule has 0 spiro atoms. The fraction of sp³-hybridized carbons (Fsp3) is 0.778. The van der Waals surface area contributed by atoms with Crippen molar-refractivity contribution in [2.24, 2.45) is 17.4 Å². The Bertz CT molecular complexity index is 489. The maximum atomic E-state index is 12.1. The lowest BCUT2D eigenvalue weighted by molar-refractivity contribution is -0.146. The highest BCUT2D eigenvalue weighted by atomic mass is 32.1. The van der Waals surface area contributed by atoms with Gasteiger partial charge in [0.15, 0.2) is 11.3 Å². The van der Waals surface area contributed by atoms with E-state index in [0.29, 0.717) is 31.2 Å². The summed E-state index contributed by atoms with van der Waals surface area (Å²) in [4.78, 5) is 23.6. The van der Waals surface area contributed by atoms with E-state index in [1.54, 1.807) is 12.3 Å². The fourth-order valence-electron chi connectivity index (χ4n) is 2.60. The summed E-state index contributed by atoms with van der Waals surface area (Å²) in [5.41, 5.74) is 10.3. The number of hydrogen-bond donors (Lipinski definition) is 4. The number of ketones is 1. The second-order valence-electron chi connectivity index (χ2n) is 6.87. The topological polar surface area (TPSA) is 117 Å². The smallest absolute Gasteiger partial charge is 0.334 e. The molecule has 0 aromatic heterocycles. The maximum absolute atomic E-state index is 12.1. The first kappa shape index (κ1) is 23.0. The van der Waals surface area contributed by atoms with Gasteiger partial charge in [-0.25, -0.2) is 4.79 Å². The summed E-state index contributed by atoms with van der Waals surface area (Å²) in [5, 5.41) is 3.42. The number of hydrogen-bond acceptors (Lipinski definition) is 8. The summed E-state index contributed by atoms with van der Waals surface area (Å²) < 4.78 is 10.4. The highest BCUT2D eigenvalue weighted by Gasteiger charge is 2.46. The largest absolute Gasteiger partial charge is 0.500 e. The van der Waals surface area contributed by atoms with E-state index in [4.69, 9.17) is 20.9 Å². The number of esters is 1. The minimum absolute atomic E-state index is 0.0114. The third-order valence-electron chi connectivity index (χ3n) is 4.81. The zero-order chi connectivity index (χ0) is 19.6. The van der Waals surface area contributed by atoms with Crippen LogP contribution in [-0.2, 0) is 19.1 Å². The number of nitrogens with one attached hydrogen (secondary N) is 1. The van der Waals surface area contributed by atoms with Crippen LogP contribution in [0.15, 0.2) is 12.3 Å². The predicted octanol–water partition coefficient (Wildman–Crippen LogP) is 0.772. The maximum Gasteiger partial charge on any atom is 0.334 e. The van der Waals surface area contributed by atoms with Gasteiger partial charge in [0.1, 0.15) is 6.61 Å². The zero-order valence-electron chi connectivity index (χ0n) is 15.8. The molecule has 0 bridgehead atoms. The van der Waals surface area contributed by atoms with Gasteiger partial charge >= 0.3 is 5.97 Å². The van der Waals surface area contributed by atoms with Gasteiger partial charge in [-0.2, -0.15) is 12.6 Å². The summed E-state index contributed by atoms with van der Waals surface area (Å²) >= 11 is 4.19. The molecular weight excluding hydrogens is 354 g/mol. The van der Waals surface area contributed by atoms with Crippen molar-refractivity contribution in [3.05, 3.63) is 12.3 Å². The monoisotopic (exact) mass is 387 g/mol. The van der Waals surface area contributed by atoms with Crippen LogP contribution in [0.2, 0.25) is 0 Å². The average Bonchev–Trinajstić information content (AvgIpc) is 2.99. The molecule has 0 saturated carbocycles. The molecule has 1 aliphatic heterocycles. The van der Waals surface area contributed by atoms with Crippen LogP contribution in [0, 0.1) is 5.92 Å². The van der Waals surface area contributed by atoms with E-state index in [9.17, 15) is 9.59 Å². The molecule has 0 aliphatic carbocycles. The first-order valence-electron chi connectivity index (χ1n) is 9.21. The quantitative estimate of drug-likeness (QED) is 0.160. The van der Waals surface area contributed by atoms with E-state index in [1.807, 2.05) is 0 Å². The van der Waals surface area contributed by atoms with E-state index in [2.05, 4.69) is 31.8 Å². The standard InChI is InChI=1S/C18H33N3O4S/c1-3-13(2)15(21-10-14(19)12-26)11-24-8-5-4-6-16(22)18(20)7-9-25-17(18)23/h5,8,13-15,21,26H,3-4,6-7,9-12,19-20H2,1-2H3/t13-,14?,15?,18+/m0/s1. The number of ether oxygens (including phenoxy) is 2. The van der Waals surface area contributed by atoms with Crippen LogP contribution in [0.5, 0.6) is 0 Å². The number of allylic oxidation sites excluding steroid dienone is 1. The summed E-state index contributed by atoms with van der Waals surface area (Å²) in [6.45, 7) is 5.72. The minimum Gasteiger partial charge on any atom is -0.500 e. The minimum atomic E-state index is -1.47. The molecule has 0 amide bonds. The summed E-state index contributed by atoms with van der Waals surface area (Å²) in [7, 11) is 0. The molecule has 0 radical (unpaired) electrons. The lowest BCUT2D eigenvalue weighted by Gasteiger charge is -2.25. The number of cyclic esters (lactones) is 1. The third kappa shape index (κ3) is 6.90. The predicted molar refractivity (Wildman–Crippen MR) is 105 cm³/mol. The Balaban J connectivity index is 2.32. The Labute approximate surface area is 161 Å². The van der Waals surface area contributed by atoms with Gasteiger partial charge in [0.25, 0.3) is 0 Å². The van der Waals surface area contributed by atoms with Gasteiger partial charge < -0.3 is 26.3 Å². The molecule has 2 unspecified atom stereocenters. The molecule has 1 saturated heterocycles.